The highest BCUT2D eigenvalue weighted by Crippen LogP contribution is 2.25. The zero-order chi connectivity index (χ0) is 23.6. The van der Waals surface area contributed by atoms with Crippen LogP contribution >= 0.6 is 0 Å². The number of sulfonamides is 1. The molecule has 6 nitrogen and oxygen atoms in total. The van der Waals surface area contributed by atoms with E-state index in [1.54, 1.807) is 0 Å². The maximum atomic E-state index is 13.2. The first-order valence-corrected chi connectivity index (χ1v) is 11.9. The van der Waals surface area contributed by atoms with E-state index in [9.17, 15) is 22.4 Å². The number of hydrogen-bond acceptors (Lipinski definition) is 5. The van der Waals surface area contributed by atoms with Gasteiger partial charge in [0.2, 0.25) is 15.8 Å². The Kier molecular flexibility index (Phi) is 6.40. The summed E-state index contributed by atoms with van der Waals surface area (Å²) in [6.45, 7) is 2.02. The molecule has 1 heterocycles. The molecule has 33 heavy (non-hydrogen) atoms. The minimum absolute atomic E-state index is 0.0196. The molecule has 8 heteroatoms. The minimum atomic E-state index is -3.83. The highest BCUT2D eigenvalue weighted by atomic mass is 32.2. The van der Waals surface area contributed by atoms with Crippen molar-refractivity contribution >= 4 is 21.8 Å². The van der Waals surface area contributed by atoms with Crippen molar-refractivity contribution in [2.45, 2.75) is 30.9 Å². The van der Waals surface area contributed by atoms with E-state index in [0.717, 1.165) is 23.3 Å². The molecule has 3 aromatic rings. The van der Waals surface area contributed by atoms with Crippen LogP contribution in [0, 0.1) is 5.82 Å². The quantitative estimate of drug-likeness (QED) is 0.404. The van der Waals surface area contributed by atoms with E-state index >= 15 is 0 Å². The predicted molar refractivity (Wildman–Crippen MR) is 120 cm³/mol. The van der Waals surface area contributed by atoms with Gasteiger partial charge in [-0.05, 0) is 66.9 Å². The van der Waals surface area contributed by atoms with Gasteiger partial charge in [0.25, 0.3) is 0 Å². The molecule has 0 aromatic heterocycles. The average Bonchev–Trinajstić information content (AvgIpc) is 2.83. The van der Waals surface area contributed by atoms with E-state index in [0.29, 0.717) is 13.0 Å². The normalized spacial score (nSPS) is 14.8. The average molecular weight is 468 g/mol. The number of rotatable bonds is 6. The third kappa shape index (κ3) is 4.86. The summed E-state index contributed by atoms with van der Waals surface area (Å²) in [7, 11) is -3.83. The molecule has 0 bridgehead atoms. The number of ketones is 1. The Morgan fingerprint density at radius 2 is 1.64 bits per heavy atom. The largest absolute Gasteiger partial charge is 0.451 e. The summed E-state index contributed by atoms with van der Waals surface area (Å²) in [5.74, 6) is -1.79. The van der Waals surface area contributed by atoms with Crippen molar-refractivity contribution in [2.24, 2.45) is 0 Å². The highest BCUT2D eigenvalue weighted by Gasteiger charge is 2.29. The van der Waals surface area contributed by atoms with Crippen molar-refractivity contribution in [1.29, 1.82) is 0 Å². The Labute approximate surface area is 191 Å². The van der Waals surface area contributed by atoms with E-state index in [1.807, 2.05) is 24.3 Å². The first kappa shape index (κ1) is 22.8. The molecule has 0 radical (unpaired) electrons. The highest BCUT2D eigenvalue weighted by molar-refractivity contribution is 7.89. The summed E-state index contributed by atoms with van der Waals surface area (Å²) in [5.41, 5.74) is 2.31. The Bertz CT molecular complexity index is 1300. The summed E-state index contributed by atoms with van der Waals surface area (Å²) in [6, 6.07) is 18.2. The van der Waals surface area contributed by atoms with Crippen molar-refractivity contribution in [3.05, 3.63) is 101 Å². The molecule has 0 fully saturated rings. The zero-order valence-electron chi connectivity index (χ0n) is 17.9. The van der Waals surface area contributed by atoms with E-state index < -0.39 is 33.7 Å². The second kappa shape index (κ2) is 9.25. The molecular formula is C25H22FNO5S. The SMILES string of the molecule is C[C@@H](OC(=O)c1cccc(S(=O)(=O)N2CCc3ccccc3C2)c1)C(=O)c1ccc(F)cc1. The van der Waals surface area contributed by atoms with Crippen LogP contribution in [0.4, 0.5) is 4.39 Å². The van der Waals surface area contributed by atoms with Crippen LogP contribution in [-0.2, 0) is 27.7 Å². The molecule has 0 unspecified atom stereocenters. The summed E-state index contributed by atoms with van der Waals surface area (Å²) in [6.07, 6.45) is -0.512. The van der Waals surface area contributed by atoms with Crippen LogP contribution < -0.4 is 0 Å². The molecule has 0 amide bonds. The van der Waals surface area contributed by atoms with Gasteiger partial charge in [0, 0.05) is 18.7 Å². The fourth-order valence-corrected chi connectivity index (χ4v) is 5.20. The number of esters is 1. The van der Waals surface area contributed by atoms with Crippen molar-refractivity contribution in [3.63, 3.8) is 0 Å². The fourth-order valence-electron chi connectivity index (χ4n) is 3.74. The minimum Gasteiger partial charge on any atom is -0.451 e. The Balaban J connectivity index is 1.49. The standard InChI is InChI=1S/C25H22FNO5S/c1-17(24(28)19-9-11-22(26)12-10-19)32-25(29)20-7-4-8-23(15-20)33(30,31)27-14-13-18-5-2-3-6-21(18)16-27/h2-12,15,17H,13-14,16H2,1H3/t17-/m1/s1. The lowest BCUT2D eigenvalue weighted by molar-refractivity contribution is 0.0318. The van der Waals surface area contributed by atoms with Crippen LogP contribution in [0.1, 0.15) is 38.8 Å². The lowest BCUT2D eigenvalue weighted by atomic mass is 10.0. The van der Waals surface area contributed by atoms with Crippen LogP contribution in [0.15, 0.2) is 77.7 Å². The molecule has 0 aliphatic carbocycles. The number of ether oxygens (including phenoxy) is 1. The van der Waals surface area contributed by atoms with Gasteiger partial charge in [0.05, 0.1) is 10.5 Å². The first-order chi connectivity index (χ1) is 15.8. The van der Waals surface area contributed by atoms with Crippen LogP contribution in [0.3, 0.4) is 0 Å². The molecule has 0 spiro atoms. The number of nitrogens with zero attached hydrogens (tertiary/aromatic N) is 1. The van der Waals surface area contributed by atoms with Crippen LogP contribution in [-0.4, -0.2) is 37.1 Å². The van der Waals surface area contributed by atoms with Gasteiger partial charge in [-0.1, -0.05) is 30.3 Å². The summed E-state index contributed by atoms with van der Waals surface area (Å²) in [4.78, 5) is 25.1. The topological polar surface area (TPSA) is 80.8 Å². The number of hydrogen-bond donors (Lipinski definition) is 0. The molecule has 0 saturated carbocycles. The fraction of sp³-hybridized carbons (Fsp3) is 0.200. The third-order valence-electron chi connectivity index (χ3n) is 5.58. The van der Waals surface area contributed by atoms with Crippen LogP contribution in [0.25, 0.3) is 0 Å². The van der Waals surface area contributed by atoms with Gasteiger partial charge >= 0.3 is 5.97 Å². The number of Topliss-reactive ketones (excluding diaryl/α,β-unsaturated/α-hetero) is 1. The number of benzene rings is 3. The van der Waals surface area contributed by atoms with Gasteiger partial charge < -0.3 is 4.74 Å². The van der Waals surface area contributed by atoms with Crippen LogP contribution in [0.2, 0.25) is 0 Å². The molecule has 1 aliphatic heterocycles. The maximum absolute atomic E-state index is 13.2. The van der Waals surface area contributed by atoms with Gasteiger partial charge in [0.15, 0.2) is 6.10 Å². The molecule has 4 rings (SSSR count). The Morgan fingerprint density at radius 1 is 0.939 bits per heavy atom. The summed E-state index contributed by atoms with van der Waals surface area (Å²) >= 11 is 0. The zero-order valence-corrected chi connectivity index (χ0v) is 18.7. The maximum Gasteiger partial charge on any atom is 0.338 e. The van der Waals surface area contributed by atoms with E-state index in [2.05, 4.69) is 0 Å². The molecule has 170 valence electrons. The number of fused-ring (bicyclic) bond motifs is 1. The van der Waals surface area contributed by atoms with E-state index in [1.165, 1.54) is 47.6 Å². The number of halogens is 1. The Morgan fingerprint density at radius 3 is 2.36 bits per heavy atom. The second-order valence-corrected chi connectivity index (χ2v) is 9.74. The molecular weight excluding hydrogens is 445 g/mol. The van der Waals surface area contributed by atoms with Crippen molar-refractivity contribution in [1.82, 2.24) is 4.31 Å². The first-order valence-electron chi connectivity index (χ1n) is 10.4. The Hall–Kier alpha value is -3.36. The van der Waals surface area contributed by atoms with Gasteiger partial charge in [-0.2, -0.15) is 4.31 Å². The predicted octanol–water partition coefficient (Wildman–Crippen LogP) is 4.00. The van der Waals surface area contributed by atoms with Gasteiger partial charge in [-0.3, -0.25) is 4.79 Å². The van der Waals surface area contributed by atoms with Crippen molar-refractivity contribution in [2.75, 3.05) is 6.54 Å². The van der Waals surface area contributed by atoms with Crippen molar-refractivity contribution < 1.29 is 27.1 Å². The smallest absolute Gasteiger partial charge is 0.338 e. The number of carbonyl (C=O) groups is 2. The molecule has 0 N–H and O–H groups in total. The molecule has 1 atom stereocenters. The van der Waals surface area contributed by atoms with Crippen molar-refractivity contribution in [3.8, 4) is 0 Å². The van der Waals surface area contributed by atoms with Gasteiger partial charge in [-0.15, -0.1) is 0 Å². The lowest BCUT2D eigenvalue weighted by Gasteiger charge is -2.28. The summed E-state index contributed by atoms with van der Waals surface area (Å²) in [5, 5.41) is 0. The van der Waals surface area contributed by atoms with Crippen LogP contribution in [0.5, 0.6) is 0 Å². The van der Waals surface area contributed by atoms with E-state index in [-0.39, 0.29) is 22.6 Å². The molecule has 1 aliphatic rings. The second-order valence-electron chi connectivity index (χ2n) is 7.80. The van der Waals surface area contributed by atoms with E-state index in [4.69, 9.17) is 4.74 Å². The van der Waals surface area contributed by atoms with Gasteiger partial charge in [0.1, 0.15) is 5.82 Å². The molecule has 3 aromatic carbocycles. The molecule has 0 saturated heterocycles. The van der Waals surface area contributed by atoms with Gasteiger partial charge in [-0.25, -0.2) is 17.6 Å². The summed E-state index contributed by atoms with van der Waals surface area (Å²) < 4.78 is 46.1. The lowest BCUT2D eigenvalue weighted by Crippen LogP contribution is -2.36. The monoisotopic (exact) mass is 467 g/mol. The number of carbonyl (C=O) groups excluding carboxylic acids is 2. The third-order valence-corrected chi connectivity index (χ3v) is 7.43.